The van der Waals surface area contributed by atoms with E-state index in [1.165, 1.54) is 5.56 Å². The number of hydrogen-bond donors (Lipinski definition) is 3. The van der Waals surface area contributed by atoms with Gasteiger partial charge in [-0.25, -0.2) is 4.79 Å². The highest BCUT2D eigenvalue weighted by Gasteiger charge is 2.25. The van der Waals surface area contributed by atoms with Gasteiger partial charge in [-0.2, -0.15) is 0 Å². The van der Waals surface area contributed by atoms with Crippen LogP contribution in [0.2, 0.25) is 5.02 Å². The highest BCUT2D eigenvalue weighted by atomic mass is 35.5. The topological polar surface area (TPSA) is 64.6 Å². The van der Waals surface area contributed by atoms with Gasteiger partial charge in [0, 0.05) is 36.4 Å². The lowest BCUT2D eigenvalue weighted by atomic mass is 9.99. The van der Waals surface area contributed by atoms with Crippen molar-refractivity contribution in [3.05, 3.63) is 64.2 Å². The van der Waals surface area contributed by atoms with Crippen LogP contribution in [0.25, 0.3) is 0 Å². The molecule has 0 aliphatic carbocycles. The Morgan fingerprint density at radius 1 is 1.29 bits per heavy atom. The van der Waals surface area contributed by atoms with E-state index >= 15 is 0 Å². The number of halogens is 1. The van der Waals surface area contributed by atoms with Crippen molar-refractivity contribution in [1.82, 2.24) is 10.2 Å². The summed E-state index contributed by atoms with van der Waals surface area (Å²) in [5.74, 6) is 0.578. The molecule has 3 N–H and O–H groups in total. The van der Waals surface area contributed by atoms with Gasteiger partial charge >= 0.3 is 6.03 Å². The minimum atomic E-state index is -0.652. The highest BCUT2D eigenvalue weighted by Crippen LogP contribution is 2.28. The molecule has 2 aromatic carbocycles. The van der Waals surface area contributed by atoms with Crippen LogP contribution in [0.5, 0.6) is 0 Å². The van der Waals surface area contributed by atoms with E-state index in [9.17, 15) is 9.90 Å². The number of likely N-dealkylation sites (tertiary alicyclic amines) is 1. The number of carbonyl (C=O) groups excluding carboxylic acids is 1. The largest absolute Gasteiger partial charge is 0.387 e. The molecule has 6 heteroatoms. The SMILES string of the molecule is CNC(=O)Nc1ccc(C)cc1C(O)CN1CCC(Cc2ccc(Cl)cc2)C1. The van der Waals surface area contributed by atoms with Crippen LogP contribution in [0.15, 0.2) is 42.5 Å². The van der Waals surface area contributed by atoms with Gasteiger partial charge in [0.05, 0.1) is 6.10 Å². The lowest BCUT2D eigenvalue weighted by Gasteiger charge is -2.23. The van der Waals surface area contributed by atoms with Crippen molar-refractivity contribution >= 4 is 23.3 Å². The molecule has 1 aliphatic rings. The van der Waals surface area contributed by atoms with E-state index in [0.29, 0.717) is 18.2 Å². The molecule has 1 fully saturated rings. The van der Waals surface area contributed by atoms with Gasteiger partial charge in [0.15, 0.2) is 0 Å². The molecule has 5 nitrogen and oxygen atoms in total. The standard InChI is InChI=1S/C22H28ClN3O2/c1-15-3-8-20(25-22(28)24-2)19(11-15)21(27)14-26-10-9-17(13-26)12-16-4-6-18(23)7-5-16/h3-8,11,17,21,27H,9-10,12-14H2,1-2H3,(H2,24,25,28). The number of aliphatic hydroxyl groups excluding tert-OH is 1. The summed E-state index contributed by atoms with van der Waals surface area (Å²) in [5, 5.41) is 17.0. The zero-order valence-corrected chi connectivity index (χ0v) is 17.2. The van der Waals surface area contributed by atoms with E-state index in [-0.39, 0.29) is 6.03 Å². The number of urea groups is 1. The van der Waals surface area contributed by atoms with Gasteiger partial charge in [0.2, 0.25) is 0 Å². The Labute approximate surface area is 171 Å². The molecular formula is C22H28ClN3O2. The normalized spacial score (nSPS) is 18.1. The average molecular weight is 402 g/mol. The Kier molecular flexibility index (Phi) is 6.94. The smallest absolute Gasteiger partial charge is 0.318 e. The van der Waals surface area contributed by atoms with Crippen LogP contribution in [0.4, 0.5) is 10.5 Å². The number of anilines is 1. The number of carbonyl (C=O) groups is 1. The van der Waals surface area contributed by atoms with Crippen molar-refractivity contribution in [2.24, 2.45) is 5.92 Å². The lowest BCUT2D eigenvalue weighted by Crippen LogP contribution is -2.29. The van der Waals surface area contributed by atoms with E-state index in [1.54, 1.807) is 7.05 Å². The van der Waals surface area contributed by atoms with E-state index in [4.69, 9.17) is 11.6 Å². The molecule has 150 valence electrons. The first-order valence-corrected chi connectivity index (χ1v) is 10.1. The second-order valence-electron chi connectivity index (χ2n) is 7.56. The Hall–Kier alpha value is -2.08. The Bertz CT molecular complexity index is 810. The molecule has 0 bridgehead atoms. The van der Waals surface area contributed by atoms with Crippen LogP contribution in [-0.2, 0) is 6.42 Å². The van der Waals surface area contributed by atoms with Gasteiger partial charge < -0.3 is 20.6 Å². The molecule has 0 aromatic heterocycles. The van der Waals surface area contributed by atoms with E-state index in [2.05, 4.69) is 27.7 Å². The maximum atomic E-state index is 11.7. The molecule has 0 spiro atoms. The summed E-state index contributed by atoms with van der Waals surface area (Å²) < 4.78 is 0. The molecule has 1 saturated heterocycles. The van der Waals surface area contributed by atoms with Gasteiger partial charge in [0.1, 0.15) is 0 Å². The number of β-amino-alcohol motifs (C(OH)–C–C–N with tert-alkyl or cyclic N) is 1. The van der Waals surface area contributed by atoms with Crippen LogP contribution >= 0.6 is 11.6 Å². The van der Waals surface area contributed by atoms with Crippen molar-refractivity contribution in [2.45, 2.75) is 25.9 Å². The van der Waals surface area contributed by atoms with Crippen LogP contribution < -0.4 is 10.6 Å². The van der Waals surface area contributed by atoms with Gasteiger partial charge in [-0.15, -0.1) is 0 Å². The molecule has 3 rings (SSSR count). The summed E-state index contributed by atoms with van der Waals surface area (Å²) in [4.78, 5) is 14.0. The zero-order valence-electron chi connectivity index (χ0n) is 16.4. The Morgan fingerprint density at radius 2 is 2.04 bits per heavy atom. The molecule has 0 saturated carbocycles. The summed E-state index contributed by atoms with van der Waals surface area (Å²) in [6.07, 6.45) is 1.49. The number of benzene rings is 2. The fraction of sp³-hybridized carbons (Fsp3) is 0.409. The summed E-state index contributed by atoms with van der Waals surface area (Å²) in [7, 11) is 1.57. The number of nitrogens with one attached hydrogen (secondary N) is 2. The molecule has 2 unspecified atom stereocenters. The maximum absolute atomic E-state index is 11.7. The third kappa shape index (κ3) is 5.47. The number of nitrogens with zero attached hydrogens (tertiary/aromatic N) is 1. The summed E-state index contributed by atoms with van der Waals surface area (Å²) in [5.41, 5.74) is 3.75. The van der Waals surface area contributed by atoms with Gasteiger partial charge in [-0.3, -0.25) is 0 Å². The molecule has 2 amide bonds. The Morgan fingerprint density at radius 3 is 2.75 bits per heavy atom. The third-order valence-corrected chi connectivity index (χ3v) is 5.53. The van der Waals surface area contributed by atoms with Crippen LogP contribution in [0.3, 0.4) is 0 Å². The number of hydrogen-bond acceptors (Lipinski definition) is 3. The van der Waals surface area contributed by atoms with E-state index in [0.717, 1.165) is 42.1 Å². The highest BCUT2D eigenvalue weighted by molar-refractivity contribution is 6.30. The van der Waals surface area contributed by atoms with Crippen LogP contribution in [0.1, 0.15) is 29.2 Å². The zero-order chi connectivity index (χ0) is 20.1. The maximum Gasteiger partial charge on any atom is 0.318 e. The van der Waals surface area contributed by atoms with Crippen molar-refractivity contribution in [2.75, 3.05) is 32.0 Å². The summed E-state index contributed by atoms with van der Waals surface area (Å²) in [6, 6.07) is 13.5. The quantitative estimate of drug-likeness (QED) is 0.685. The molecule has 28 heavy (non-hydrogen) atoms. The first kappa shape index (κ1) is 20.6. The Balaban J connectivity index is 1.60. The van der Waals surface area contributed by atoms with E-state index < -0.39 is 6.10 Å². The van der Waals surface area contributed by atoms with Crippen LogP contribution in [0, 0.1) is 12.8 Å². The van der Waals surface area contributed by atoms with E-state index in [1.807, 2.05) is 37.3 Å². The predicted molar refractivity (Wildman–Crippen MR) is 114 cm³/mol. The summed E-state index contributed by atoms with van der Waals surface area (Å²) in [6.45, 7) is 4.48. The molecule has 0 radical (unpaired) electrons. The predicted octanol–water partition coefficient (Wildman–Crippen LogP) is 4.00. The van der Waals surface area contributed by atoms with Crippen molar-refractivity contribution in [3.8, 4) is 0 Å². The third-order valence-electron chi connectivity index (χ3n) is 5.28. The lowest BCUT2D eigenvalue weighted by molar-refractivity contribution is 0.124. The van der Waals surface area contributed by atoms with Crippen molar-refractivity contribution in [3.63, 3.8) is 0 Å². The van der Waals surface area contributed by atoms with Crippen molar-refractivity contribution < 1.29 is 9.90 Å². The molecule has 1 heterocycles. The molecule has 2 atom stereocenters. The average Bonchev–Trinajstić information content (AvgIpc) is 3.11. The summed E-state index contributed by atoms with van der Waals surface area (Å²) >= 11 is 5.97. The number of aryl methyl sites for hydroxylation is 1. The number of aliphatic hydroxyl groups is 1. The second kappa shape index (κ2) is 9.41. The fourth-order valence-corrected chi connectivity index (χ4v) is 3.92. The van der Waals surface area contributed by atoms with Gasteiger partial charge in [-0.1, -0.05) is 41.4 Å². The minimum Gasteiger partial charge on any atom is -0.387 e. The molecule has 2 aromatic rings. The first-order valence-electron chi connectivity index (χ1n) is 9.68. The number of rotatable bonds is 6. The van der Waals surface area contributed by atoms with Gasteiger partial charge in [-0.05, 0) is 56.0 Å². The van der Waals surface area contributed by atoms with Gasteiger partial charge in [0.25, 0.3) is 0 Å². The second-order valence-corrected chi connectivity index (χ2v) is 7.99. The molecule has 1 aliphatic heterocycles. The minimum absolute atomic E-state index is 0.290. The number of amides is 2. The monoisotopic (exact) mass is 401 g/mol. The fourth-order valence-electron chi connectivity index (χ4n) is 3.80. The first-order chi connectivity index (χ1) is 13.4. The van der Waals surface area contributed by atoms with Crippen molar-refractivity contribution in [1.29, 1.82) is 0 Å². The molecular weight excluding hydrogens is 374 g/mol. The van der Waals surface area contributed by atoms with Crippen LogP contribution in [-0.4, -0.2) is 42.7 Å².